The second-order valence-corrected chi connectivity index (χ2v) is 4.45. The number of phosphoric acid groups is 1. The Hall–Kier alpha value is -0.0500. The smallest absolute Gasteiger partial charge is 0.394 e. The number of aliphatic hydroxyl groups is 1. The SMILES string of the molecule is CCCCOCCOCCOCCO.O=P(O)(O)O. The molecule has 0 radical (unpaired) electrons. The van der Waals surface area contributed by atoms with Crippen molar-refractivity contribution >= 4 is 7.82 Å². The van der Waals surface area contributed by atoms with Crippen LogP contribution in [0.5, 0.6) is 0 Å². The zero-order valence-corrected chi connectivity index (χ0v) is 12.1. The summed E-state index contributed by atoms with van der Waals surface area (Å²) in [6, 6.07) is 0. The van der Waals surface area contributed by atoms with Crippen molar-refractivity contribution in [1.29, 1.82) is 0 Å². The van der Waals surface area contributed by atoms with Crippen LogP contribution in [0, 0.1) is 0 Å². The number of hydrogen-bond donors (Lipinski definition) is 4. The molecule has 0 unspecified atom stereocenters. The van der Waals surface area contributed by atoms with E-state index < -0.39 is 7.82 Å². The van der Waals surface area contributed by atoms with E-state index in [0.29, 0.717) is 33.0 Å². The van der Waals surface area contributed by atoms with Crippen molar-refractivity contribution in [2.24, 2.45) is 0 Å². The van der Waals surface area contributed by atoms with Crippen molar-refractivity contribution in [3.63, 3.8) is 0 Å². The molecule has 8 nitrogen and oxygen atoms in total. The van der Waals surface area contributed by atoms with Crippen molar-refractivity contribution in [3.05, 3.63) is 0 Å². The molecule has 118 valence electrons. The van der Waals surface area contributed by atoms with Gasteiger partial charge in [0.25, 0.3) is 0 Å². The maximum absolute atomic E-state index is 8.88. The number of ether oxygens (including phenoxy) is 3. The third kappa shape index (κ3) is 38.1. The molecule has 19 heavy (non-hydrogen) atoms. The largest absolute Gasteiger partial charge is 0.466 e. The molecule has 0 amide bonds. The van der Waals surface area contributed by atoms with Gasteiger partial charge in [0.15, 0.2) is 0 Å². The minimum atomic E-state index is -4.64. The van der Waals surface area contributed by atoms with Gasteiger partial charge in [-0.1, -0.05) is 13.3 Å². The Morgan fingerprint density at radius 3 is 1.58 bits per heavy atom. The molecule has 4 N–H and O–H groups in total. The van der Waals surface area contributed by atoms with Crippen LogP contribution in [-0.2, 0) is 18.8 Å². The molecule has 0 heterocycles. The van der Waals surface area contributed by atoms with Crippen LogP contribution in [0.1, 0.15) is 19.8 Å². The van der Waals surface area contributed by atoms with Gasteiger partial charge < -0.3 is 34.0 Å². The van der Waals surface area contributed by atoms with E-state index in [1.807, 2.05) is 0 Å². The number of unbranched alkanes of at least 4 members (excludes halogenated alkanes) is 1. The van der Waals surface area contributed by atoms with Crippen LogP contribution in [0.4, 0.5) is 0 Å². The molecule has 9 heteroatoms. The van der Waals surface area contributed by atoms with Crippen LogP contribution < -0.4 is 0 Å². The number of rotatable bonds is 11. The lowest BCUT2D eigenvalue weighted by molar-refractivity contribution is 0.00735. The Labute approximate surface area is 113 Å². The number of hydrogen-bond acceptors (Lipinski definition) is 5. The van der Waals surface area contributed by atoms with Crippen molar-refractivity contribution < 1.29 is 38.6 Å². The van der Waals surface area contributed by atoms with Crippen LogP contribution >= 0.6 is 7.82 Å². The van der Waals surface area contributed by atoms with Crippen molar-refractivity contribution in [2.75, 3.05) is 46.2 Å². The topological polar surface area (TPSA) is 126 Å². The Kier molecular flexibility index (Phi) is 17.9. The third-order valence-corrected chi connectivity index (χ3v) is 1.62. The molecule has 0 aromatic rings. The first-order valence-corrected chi connectivity index (χ1v) is 7.60. The highest BCUT2D eigenvalue weighted by Gasteiger charge is 2.00. The molecule has 0 fully saturated rings. The van der Waals surface area contributed by atoms with Gasteiger partial charge >= 0.3 is 7.82 Å². The molecule has 0 spiro atoms. The van der Waals surface area contributed by atoms with Gasteiger partial charge in [-0.2, -0.15) is 0 Å². The van der Waals surface area contributed by atoms with Crippen molar-refractivity contribution in [1.82, 2.24) is 0 Å². The standard InChI is InChI=1S/C10H22O4.H3O4P/c1-2-3-5-12-7-9-14-10-8-13-6-4-11;1-5(2,3)4/h11H,2-10H2,1H3;(H3,1,2,3,4). The molecule has 0 aliphatic heterocycles. The van der Waals surface area contributed by atoms with Crippen molar-refractivity contribution in [3.8, 4) is 0 Å². The minimum absolute atomic E-state index is 0.0696. The monoisotopic (exact) mass is 304 g/mol. The first-order valence-electron chi connectivity index (χ1n) is 6.04. The fraction of sp³-hybridized carbons (Fsp3) is 1.00. The maximum atomic E-state index is 8.88. The summed E-state index contributed by atoms with van der Waals surface area (Å²) in [6.45, 7) is 5.79. The van der Waals surface area contributed by atoms with Crippen LogP contribution in [-0.4, -0.2) is 66.0 Å². The highest BCUT2D eigenvalue weighted by atomic mass is 31.2. The lowest BCUT2D eigenvalue weighted by Crippen LogP contribution is -2.11. The summed E-state index contributed by atoms with van der Waals surface area (Å²) in [6.07, 6.45) is 2.27. The lowest BCUT2D eigenvalue weighted by Gasteiger charge is -2.05. The Morgan fingerprint density at radius 1 is 0.842 bits per heavy atom. The molecule has 0 aliphatic rings. The molecule has 0 aromatic carbocycles. The van der Waals surface area contributed by atoms with E-state index in [9.17, 15) is 0 Å². The van der Waals surface area contributed by atoms with E-state index in [-0.39, 0.29) is 6.61 Å². The lowest BCUT2D eigenvalue weighted by atomic mass is 10.4. The summed E-state index contributed by atoms with van der Waals surface area (Å²) in [7, 11) is -4.64. The molecule has 0 bridgehead atoms. The van der Waals surface area contributed by atoms with E-state index in [1.165, 1.54) is 0 Å². The second-order valence-electron chi connectivity index (χ2n) is 3.43. The quantitative estimate of drug-likeness (QED) is 0.308. The summed E-state index contributed by atoms with van der Waals surface area (Å²) in [4.78, 5) is 21.6. The fourth-order valence-corrected chi connectivity index (χ4v) is 0.853. The fourth-order valence-electron chi connectivity index (χ4n) is 0.853. The first-order chi connectivity index (χ1) is 8.91. The van der Waals surface area contributed by atoms with Gasteiger partial charge in [0.1, 0.15) is 0 Å². The Morgan fingerprint density at radius 2 is 1.21 bits per heavy atom. The molecule has 0 aliphatic carbocycles. The summed E-state index contributed by atoms with van der Waals surface area (Å²) >= 11 is 0. The molecular formula is C10H25O8P. The van der Waals surface area contributed by atoms with Gasteiger partial charge in [0.2, 0.25) is 0 Å². The van der Waals surface area contributed by atoms with Gasteiger partial charge in [0, 0.05) is 6.61 Å². The van der Waals surface area contributed by atoms with Gasteiger partial charge in [-0.15, -0.1) is 0 Å². The number of aliphatic hydroxyl groups excluding tert-OH is 1. The van der Waals surface area contributed by atoms with Crippen LogP contribution in [0.25, 0.3) is 0 Å². The zero-order valence-electron chi connectivity index (χ0n) is 11.2. The van der Waals surface area contributed by atoms with Gasteiger partial charge in [-0.25, -0.2) is 4.57 Å². The highest BCUT2D eigenvalue weighted by Crippen LogP contribution is 2.25. The summed E-state index contributed by atoms with van der Waals surface area (Å²) in [5.74, 6) is 0. The van der Waals surface area contributed by atoms with Crippen LogP contribution in [0.2, 0.25) is 0 Å². The van der Waals surface area contributed by atoms with E-state index in [0.717, 1.165) is 19.4 Å². The predicted molar refractivity (Wildman–Crippen MR) is 68.7 cm³/mol. The van der Waals surface area contributed by atoms with E-state index in [1.54, 1.807) is 0 Å². The average Bonchev–Trinajstić information content (AvgIpc) is 2.29. The van der Waals surface area contributed by atoms with Gasteiger partial charge in [-0.3, -0.25) is 0 Å². The Bertz CT molecular complexity index is 187. The zero-order chi connectivity index (χ0) is 15.0. The molecule has 0 saturated heterocycles. The van der Waals surface area contributed by atoms with Gasteiger partial charge in [0.05, 0.1) is 39.6 Å². The van der Waals surface area contributed by atoms with E-state index >= 15 is 0 Å². The Balaban J connectivity index is 0. The maximum Gasteiger partial charge on any atom is 0.466 e. The summed E-state index contributed by atoms with van der Waals surface area (Å²) in [5.41, 5.74) is 0. The molecular weight excluding hydrogens is 279 g/mol. The van der Waals surface area contributed by atoms with E-state index in [4.69, 9.17) is 38.6 Å². The minimum Gasteiger partial charge on any atom is -0.394 e. The van der Waals surface area contributed by atoms with Crippen LogP contribution in [0.15, 0.2) is 0 Å². The molecule has 0 rings (SSSR count). The normalized spacial score (nSPS) is 11.0. The van der Waals surface area contributed by atoms with Crippen molar-refractivity contribution in [2.45, 2.75) is 19.8 Å². The molecule has 0 atom stereocenters. The third-order valence-electron chi connectivity index (χ3n) is 1.62. The molecule has 0 saturated carbocycles. The average molecular weight is 304 g/mol. The molecule has 0 aromatic heterocycles. The first kappa shape index (κ1) is 21.3. The second kappa shape index (κ2) is 16.0. The summed E-state index contributed by atoms with van der Waals surface area (Å²) in [5, 5.41) is 8.40. The predicted octanol–water partition coefficient (Wildman–Crippen LogP) is -0.1000. The van der Waals surface area contributed by atoms with Crippen LogP contribution in [0.3, 0.4) is 0 Å². The highest BCUT2D eigenvalue weighted by molar-refractivity contribution is 7.45. The summed E-state index contributed by atoms with van der Waals surface area (Å²) < 4.78 is 24.4. The van der Waals surface area contributed by atoms with Gasteiger partial charge in [-0.05, 0) is 6.42 Å². The van der Waals surface area contributed by atoms with E-state index in [2.05, 4.69) is 6.92 Å².